The van der Waals surface area contributed by atoms with E-state index in [0.29, 0.717) is 24.4 Å². The first-order valence-corrected chi connectivity index (χ1v) is 9.43. The lowest BCUT2D eigenvalue weighted by Gasteiger charge is -2.16. The number of H-pyrrole nitrogens is 1. The van der Waals surface area contributed by atoms with Gasteiger partial charge < -0.3 is 20.7 Å². The van der Waals surface area contributed by atoms with Gasteiger partial charge in [-0.1, -0.05) is 41.9 Å². The number of aliphatic hydroxyl groups is 1. The normalized spacial score (nSPS) is 11.9. The zero-order chi connectivity index (χ0) is 19.9. The number of halogens is 1. The van der Waals surface area contributed by atoms with Crippen molar-refractivity contribution < 1.29 is 14.7 Å². The zero-order valence-electron chi connectivity index (χ0n) is 15.2. The van der Waals surface area contributed by atoms with E-state index in [1.54, 1.807) is 0 Å². The first-order chi connectivity index (χ1) is 13.6. The maximum absolute atomic E-state index is 12.1. The lowest BCUT2D eigenvalue weighted by atomic mass is 10.1. The zero-order valence-corrected chi connectivity index (χ0v) is 16.0. The Morgan fingerprint density at radius 2 is 1.89 bits per heavy atom. The van der Waals surface area contributed by atoms with Crippen LogP contribution >= 0.6 is 11.6 Å². The minimum atomic E-state index is -0.753. The Morgan fingerprint density at radius 3 is 2.64 bits per heavy atom. The van der Waals surface area contributed by atoms with Crippen LogP contribution < -0.4 is 10.6 Å². The summed E-state index contributed by atoms with van der Waals surface area (Å²) >= 11 is 6.04. The Bertz CT molecular complexity index is 956. The van der Waals surface area contributed by atoms with Gasteiger partial charge in [-0.2, -0.15) is 0 Å². The average molecular weight is 400 g/mol. The van der Waals surface area contributed by atoms with E-state index in [2.05, 4.69) is 15.6 Å². The Labute approximate surface area is 167 Å². The minimum absolute atomic E-state index is 0.246. The highest BCUT2D eigenvalue weighted by atomic mass is 35.5. The lowest BCUT2D eigenvalue weighted by Crippen LogP contribution is -2.47. The van der Waals surface area contributed by atoms with Crippen LogP contribution in [-0.4, -0.2) is 41.1 Å². The van der Waals surface area contributed by atoms with Crippen molar-refractivity contribution in [1.82, 2.24) is 15.6 Å². The molecule has 0 radical (unpaired) electrons. The summed E-state index contributed by atoms with van der Waals surface area (Å²) in [4.78, 5) is 27.3. The van der Waals surface area contributed by atoms with Crippen LogP contribution in [0.1, 0.15) is 11.1 Å². The molecule has 146 valence electrons. The summed E-state index contributed by atoms with van der Waals surface area (Å²) < 4.78 is 0. The Hall–Kier alpha value is -2.83. The van der Waals surface area contributed by atoms with Crippen molar-refractivity contribution in [3.05, 3.63) is 70.9 Å². The third-order valence-electron chi connectivity index (χ3n) is 4.50. The van der Waals surface area contributed by atoms with Gasteiger partial charge in [0.05, 0.1) is 12.6 Å². The topological polar surface area (TPSA) is 94.2 Å². The third-order valence-corrected chi connectivity index (χ3v) is 4.73. The van der Waals surface area contributed by atoms with Crippen molar-refractivity contribution in [3.63, 3.8) is 0 Å². The lowest BCUT2D eigenvalue weighted by molar-refractivity contribution is -0.139. The molecule has 2 amide bonds. The summed E-state index contributed by atoms with van der Waals surface area (Å²) in [6.45, 7) is 0.0677. The van der Waals surface area contributed by atoms with Gasteiger partial charge in [-0.05, 0) is 42.2 Å². The number of carbonyl (C=O) groups excluding carboxylic acids is 2. The van der Waals surface area contributed by atoms with Crippen molar-refractivity contribution in [2.75, 3.05) is 13.2 Å². The van der Waals surface area contributed by atoms with Gasteiger partial charge in [0, 0.05) is 28.7 Å². The van der Waals surface area contributed by atoms with Gasteiger partial charge in [0.25, 0.3) is 0 Å². The maximum atomic E-state index is 12.1. The number of hydrogen-bond acceptors (Lipinski definition) is 3. The number of benzene rings is 2. The van der Waals surface area contributed by atoms with Gasteiger partial charge in [0.1, 0.15) is 0 Å². The van der Waals surface area contributed by atoms with Gasteiger partial charge in [0.15, 0.2) is 0 Å². The molecule has 0 fully saturated rings. The van der Waals surface area contributed by atoms with E-state index < -0.39 is 17.9 Å². The molecular weight excluding hydrogens is 378 g/mol. The van der Waals surface area contributed by atoms with E-state index in [9.17, 15) is 14.7 Å². The molecule has 0 unspecified atom stereocenters. The molecule has 3 rings (SSSR count). The molecule has 0 spiro atoms. The van der Waals surface area contributed by atoms with Crippen LogP contribution in [0.15, 0.2) is 54.7 Å². The predicted octanol–water partition coefficient (Wildman–Crippen LogP) is 2.20. The number of aliphatic hydroxyl groups excluding tert-OH is 1. The molecule has 0 aliphatic carbocycles. The number of nitrogens with one attached hydrogen (secondary N) is 3. The molecule has 28 heavy (non-hydrogen) atoms. The van der Waals surface area contributed by atoms with Gasteiger partial charge in [-0.15, -0.1) is 0 Å². The number of rotatable bonds is 7. The van der Waals surface area contributed by atoms with E-state index in [-0.39, 0.29) is 6.61 Å². The van der Waals surface area contributed by atoms with Crippen LogP contribution in [0.2, 0.25) is 5.02 Å². The highest BCUT2D eigenvalue weighted by molar-refractivity contribution is 6.35. The summed E-state index contributed by atoms with van der Waals surface area (Å²) in [5.41, 5.74) is 2.95. The number of carbonyl (C=O) groups is 2. The van der Waals surface area contributed by atoms with E-state index in [1.807, 2.05) is 54.7 Å². The second-order valence-corrected chi connectivity index (χ2v) is 6.99. The third kappa shape index (κ3) is 5.12. The molecule has 3 aromatic rings. The molecule has 2 aromatic carbocycles. The fourth-order valence-corrected chi connectivity index (χ4v) is 3.23. The Balaban J connectivity index is 1.49. The van der Waals surface area contributed by atoms with Crippen molar-refractivity contribution in [3.8, 4) is 0 Å². The van der Waals surface area contributed by atoms with E-state index >= 15 is 0 Å². The van der Waals surface area contributed by atoms with Gasteiger partial charge in [-0.3, -0.25) is 9.59 Å². The number of fused-ring (bicyclic) bond motifs is 1. The highest BCUT2D eigenvalue weighted by Crippen LogP contribution is 2.22. The van der Waals surface area contributed by atoms with Crippen LogP contribution in [-0.2, 0) is 22.4 Å². The summed E-state index contributed by atoms with van der Waals surface area (Å²) in [6.07, 6.45) is 2.88. The van der Waals surface area contributed by atoms with Crippen LogP contribution in [0.5, 0.6) is 0 Å². The highest BCUT2D eigenvalue weighted by Gasteiger charge is 2.18. The van der Waals surface area contributed by atoms with Crippen molar-refractivity contribution >= 4 is 34.3 Å². The second kappa shape index (κ2) is 9.39. The first kappa shape index (κ1) is 19.9. The van der Waals surface area contributed by atoms with Gasteiger partial charge in [-0.25, -0.2) is 0 Å². The average Bonchev–Trinajstić information content (AvgIpc) is 3.10. The molecular formula is C21H22ClN3O3. The van der Waals surface area contributed by atoms with Gasteiger partial charge in [0.2, 0.25) is 0 Å². The molecule has 0 saturated heterocycles. The Kier molecular flexibility index (Phi) is 6.68. The molecule has 0 bridgehead atoms. The fourth-order valence-electron chi connectivity index (χ4n) is 3.06. The molecule has 6 nitrogen and oxygen atoms in total. The second-order valence-electron chi connectivity index (χ2n) is 6.55. The number of amides is 2. The smallest absolute Gasteiger partial charge is 0.309 e. The van der Waals surface area contributed by atoms with Crippen LogP contribution in [0.25, 0.3) is 10.9 Å². The minimum Gasteiger partial charge on any atom is -0.394 e. The largest absolute Gasteiger partial charge is 0.394 e. The number of aromatic amines is 1. The summed E-state index contributed by atoms with van der Waals surface area (Å²) in [6, 6.07) is 14.5. The quantitative estimate of drug-likeness (QED) is 0.459. The van der Waals surface area contributed by atoms with Crippen molar-refractivity contribution in [2.45, 2.75) is 18.9 Å². The predicted molar refractivity (Wildman–Crippen MR) is 109 cm³/mol. The maximum Gasteiger partial charge on any atom is 0.309 e. The Morgan fingerprint density at radius 1 is 1.11 bits per heavy atom. The summed E-state index contributed by atoms with van der Waals surface area (Å²) in [7, 11) is 0. The number of aromatic nitrogens is 1. The first-order valence-electron chi connectivity index (χ1n) is 9.06. The van der Waals surface area contributed by atoms with Crippen molar-refractivity contribution in [2.24, 2.45) is 0 Å². The van der Waals surface area contributed by atoms with Crippen LogP contribution in [0.4, 0.5) is 0 Å². The summed E-state index contributed by atoms with van der Waals surface area (Å²) in [5, 5.41) is 16.3. The molecule has 4 N–H and O–H groups in total. The molecule has 1 aromatic heterocycles. The van der Waals surface area contributed by atoms with Crippen LogP contribution in [0.3, 0.4) is 0 Å². The van der Waals surface area contributed by atoms with E-state index in [1.165, 1.54) is 0 Å². The standard InChI is InChI=1S/C21H22ClN3O3/c22-16-6-7-19-18(11-16)15(12-24-19)8-9-23-20(27)21(28)25-17(13-26)10-14-4-2-1-3-5-14/h1-7,11-12,17,24,26H,8-10,13H2,(H,23,27)(H,25,28)/t17-/m0/s1. The van der Waals surface area contributed by atoms with Crippen LogP contribution in [0, 0.1) is 0 Å². The molecule has 0 aliphatic heterocycles. The van der Waals surface area contributed by atoms with E-state index in [4.69, 9.17) is 11.6 Å². The van der Waals surface area contributed by atoms with E-state index in [0.717, 1.165) is 22.0 Å². The molecule has 0 aliphatic rings. The monoisotopic (exact) mass is 399 g/mol. The number of hydrogen-bond donors (Lipinski definition) is 4. The van der Waals surface area contributed by atoms with Crippen molar-refractivity contribution in [1.29, 1.82) is 0 Å². The molecule has 0 saturated carbocycles. The SMILES string of the molecule is O=C(NCCc1c[nH]c2ccc(Cl)cc12)C(=O)N[C@H](CO)Cc1ccccc1. The molecule has 7 heteroatoms. The fraction of sp³-hybridized carbons (Fsp3) is 0.238. The molecule has 1 atom stereocenters. The van der Waals surface area contributed by atoms with Gasteiger partial charge >= 0.3 is 11.8 Å². The summed E-state index contributed by atoms with van der Waals surface area (Å²) in [5.74, 6) is -1.47. The molecule has 1 heterocycles.